The zero-order valence-electron chi connectivity index (χ0n) is 18.4. The van der Waals surface area contributed by atoms with E-state index in [1.807, 2.05) is 0 Å². The van der Waals surface area contributed by atoms with Gasteiger partial charge in [0.15, 0.2) is 6.20 Å². The Labute approximate surface area is 180 Å². The van der Waals surface area contributed by atoms with Gasteiger partial charge in [0.05, 0.1) is 5.56 Å². The van der Waals surface area contributed by atoms with E-state index in [2.05, 4.69) is 67.2 Å². The van der Waals surface area contributed by atoms with Crippen LogP contribution in [0.4, 0.5) is 0 Å². The minimum atomic E-state index is 0.736. The van der Waals surface area contributed by atoms with E-state index in [0.717, 1.165) is 18.3 Å². The van der Waals surface area contributed by atoms with E-state index in [0.29, 0.717) is 0 Å². The molecule has 152 valence electrons. The molecule has 0 saturated heterocycles. The SMILES string of the molecule is Cc1ccc2c3c1-c1cc(cc[n+]1C)C1CCCC(CCCc4cccc-2c4C3)C1. The first kappa shape index (κ1) is 18.4. The van der Waals surface area contributed by atoms with E-state index in [1.54, 1.807) is 22.3 Å². The predicted molar refractivity (Wildman–Crippen MR) is 124 cm³/mol. The Balaban J connectivity index is 1.60. The molecule has 1 saturated carbocycles. The second-order valence-electron chi connectivity index (χ2n) is 9.98. The summed E-state index contributed by atoms with van der Waals surface area (Å²) in [4.78, 5) is 0. The van der Waals surface area contributed by atoms with E-state index in [4.69, 9.17) is 0 Å². The van der Waals surface area contributed by atoms with Crippen LogP contribution >= 0.6 is 0 Å². The van der Waals surface area contributed by atoms with E-state index < -0.39 is 0 Å². The van der Waals surface area contributed by atoms with Crippen molar-refractivity contribution in [2.75, 3.05) is 0 Å². The molecule has 0 amide bonds. The van der Waals surface area contributed by atoms with Crippen molar-refractivity contribution in [3.63, 3.8) is 0 Å². The van der Waals surface area contributed by atoms with Gasteiger partial charge in [0, 0.05) is 12.1 Å². The Hall–Kier alpha value is -2.41. The molecule has 0 aliphatic heterocycles. The highest BCUT2D eigenvalue weighted by atomic mass is 14.9. The summed E-state index contributed by atoms with van der Waals surface area (Å²) in [5.41, 5.74) is 13.5. The molecule has 2 unspecified atom stereocenters. The number of aromatic nitrogens is 1. The lowest BCUT2D eigenvalue weighted by atomic mass is 9.76. The average molecular weight is 395 g/mol. The summed E-state index contributed by atoms with van der Waals surface area (Å²) < 4.78 is 2.35. The molecule has 2 atom stereocenters. The van der Waals surface area contributed by atoms with Crippen molar-refractivity contribution < 1.29 is 4.57 Å². The van der Waals surface area contributed by atoms with Crippen molar-refractivity contribution >= 4 is 0 Å². The van der Waals surface area contributed by atoms with Crippen molar-refractivity contribution in [2.45, 2.75) is 64.2 Å². The van der Waals surface area contributed by atoms with Crippen LogP contribution in [0.5, 0.6) is 0 Å². The Bertz CT molecular complexity index is 1140. The fourth-order valence-corrected chi connectivity index (χ4v) is 6.59. The molecule has 3 aliphatic carbocycles. The lowest BCUT2D eigenvalue weighted by Crippen LogP contribution is -2.31. The summed E-state index contributed by atoms with van der Waals surface area (Å²) in [5.74, 6) is 1.64. The first-order chi connectivity index (χ1) is 14.7. The molecular formula is C29H32N+. The van der Waals surface area contributed by atoms with E-state index in [1.165, 1.54) is 72.9 Å². The van der Waals surface area contributed by atoms with Gasteiger partial charge in [0.25, 0.3) is 0 Å². The van der Waals surface area contributed by atoms with Crippen molar-refractivity contribution in [1.29, 1.82) is 0 Å². The Kier molecular flexibility index (Phi) is 4.33. The first-order valence-corrected chi connectivity index (χ1v) is 11.9. The number of aryl methyl sites for hydroxylation is 3. The number of hydrogen-bond donors (Lipinski definition) is 0. The summed E-state index contributed by atoms with van der Waals surface area (Å²) in [5, 5.41) is 0. The van der Waals surface area contributed by atoms with Gasteiger partial charge in [-0.05, 0) is 89.8 Å². The highest BCUT2D eigenvalue weighted by Gasteiger charge is 2.30. The molecule has 1 heteroatoms. The Morgan fingerprint density at radius 2 is 1.77 bits per heavy atom. The van der Waals surface area contributed by atoms with Crippen LogP contribution in [0, 0.1) is 12.8 Å². The third-order valence-electron chi connectivity index (χ3n) is 8.18. The van der Waals surface area contributed by atoms with Crippen molar-refractivity contribution in [2.24, 2.45) is 13.0 Å². The smallest absolute Gasteiger partial charge is 0.201 e. The zero-order chi connectivity index (χ0) is 20.2. The maximum Gasteiger partial charge on any atom is 0.213 e. The van der Waals surface area contributed by atoms with Gasteiger partial charge in [-0.1, -0.05) is 49.6 Å². The number of fused-ring (bicyclic) bond motifs is 7. The summed E-state index contributed by atoms with van der Waals surface area (Å²) in [7, 11) is 2.22. The lowest BCUT2D eigenvalue weighted by Gasteiger charge is -2.29. The Morgan fingerprint density at radius 1 is 0.900 bits per heavy atom. The summed E-state index contributed by atoms with van der Waals surface area (Å²) in [6.45, 7) is 2.30. The standard InChI is InChI=1S/C29H32N/c1-19-12-13-25-24-11-5-9-21-8-3-6-20-7-4-10-22(16-20)23-14-15-30(2)28(17-23)29(19)27(25)18-26(21)24/h5,9,11-15,17,20,22H,3-4,6-8,10,16,18H2,1-2H3/q+1. The predicted octanol–water partition coefficient (Wildman–Crippen LogP) is 6.67. The van der Waals surface area contributed by atoms with Gasteiger partial charge in [-0.3, -0.25) is 0 Å². The number of nitrogens with zero attached hydrogens (tertiary/aromatic N) is 1. The first-order valence-electron chi connectivity index (χ1n) is 11.9. The topological polar surface area (TPSA) is 3.88 Å². The third-order valence-corrected chi connectivity index (χ3v) is 8.18. The van der Waals surface area contributed by atoms with Crippen LogP contribution in [0.2, 0.25) is 0 Å². The summed E-state index contributed by atoms with van der Waals surface area (Å²) in [6, 6.07) is 16.7. The van der Waals surface area contributed by atoms with Gasteiger partial charge in [-0.15, -0.1) is 0 Å². The fraction of sp³-hybridized carbons (Fsp3) is 0.414. The fourth-order valence-electron chi connectivity index (χ4n) is 6.59. The lowest BCUT2D eigenvalue weighted by molar-refractivity contribution is -0.660. The minimum Gasteiger partial charge on any atom is -0.201 e. The molecule has 1 nitrogen and oxygen atoms in total. The van der Waals surface area contributed by atoms with Crippen molar-refractivity contribution in [3.05, 3.63) is 76.5 Å². The molecule has 1 fully saturated rings. The van der Waals surface area contributed by atoms with Crippen molar-refractivity contribution in [3.8, 4) is 22.4 Å². The number of rotatable bonds is 0. The van der Waals surface area contributed by atoms with E-state index in [-0.39, 0.29) is 0 Å². The molecule has 1 heterocycles. The Morgan fingerprint density at radius 3 is 2.70 bits per heavy atom. The van der Waals surface area contributed by atoms with Crippen LogP contribution in [0.1, 0.15) is 72.3 Å². The van der Waals surface area contributed by atoms with Gasteiger partial charge >= 0.3 is 0 Å². The van der Waals surface area contributed by atoms with E-state index in [9.17, 15) is 0 Å². The van der Waals surface area contributed by atoms with Crippen LogP contribution in [0.15, 0.2) is 48.7 Å². The van der Waals surface area contributed by atoms with Crippen molar-refractivity contribution in [1.82, 2.24) is 0 Å². The molecule has 6 bridgehead atoms. The molecule has 1 aromatic heterocycles. The molecule has 6 rings (SSSR count). The van der Waals surface area contributed by atoms with Crippen LogP contribution in [0.3, 0.4) is 0 Å². The molecule has 0 N–H and O–H groups in total. The van der Waals surface area contributed by atoms with Crippen LogP contribution in [-0.4, -0.2) is 0 Å². The summed E-state index contributed by atoms with van der Waals surface area (Å²) >= 11 is 0. The van der Waals surface area contributed by atoms with Gasteiger partial charge in [-0.2, -0.15) is 0 Å². The number of pyridine rings is 1. The monoisotopic (exact) mass is 394 g/mol. The highest BCUT2D eigenvalue weighted by molar-refractivity contribution is 5.85. The molecule has 3 aromatic rings. The second-order valence-corrected chi connectivity index (χ2v) is 9.98. The molecule has 30 heavy (non-hydrogen) atoms. The minimum absolute atomic E-state index is 0.736. The molecular weight excluding hydrogens is 362 g/mol. The van der Waals surface area contributed by atoms with Gasteiger partial charge in [0.2, 0.25) is 5.69 Å². The molecule has 0 radical (unpaired) electrons. The average Bonchev–Trinajstić information content (AvgIpc) is 3.14. The normalized spacial score (nSPS) is 21.9. The third kappa shape index (κ3) is 2.86. The van der Waals surface area contributed by atoms with Gasteiger partial charge in [-0.25, -0.2) is 4.57 Å². The van der Waals surface area contributed by atoms with Crippen LogP contribution in [-0.2, 0) is 19.9 Å². The zero-order valence-corrected chi connectivity index (χ0v) is 18.4. The molecule has 2 aromatic carbocycles. The maximum atomic E-state index is 2.53. The molecule has 3 aliphatic rings. The van der Waals surface area contributed by atoms with Gasteiger partial charge < -0.3 is 0 Å². The van der Waals surface area contributed by atoms with Crippen LogP contribution in [0.25, 0.3) is 22.4 Å². The second kappa shape index (κ2) is 7.08. The molecule has 0 spiro atoms. The van der Waals surface area contributed by atoms with E-state index >= 15 is 0 Å². The van der Waals surface area contributed by atoms with Crippen LogP contribution < -0.4 is 4.57 Å². The number of hydrogen-bond acceptors (Lipinski definition) is 0. The maximum absolute atomic E-state index is 2.53. The summed E-state index contributed by atoms with van der Waals surface area (Å²) in [6.07, 6.45) is 12.9. The largest absolute Gasteiger partial charge is 0.213 e. The quantitative estimate of drug-likeness (QED) is 0.293. The number of benzene rings is 2. The van der Waals surface area contributed by atoms with Gasteiger partial charge in [0.1, 0.15) is 7.05 Å². The highest BCUT2D eigenvalue weighted by Crippen LogP contribution is 2.45.